The molecule has 0 aliphatic carbocycles. The molecule has 2 heterocycles. The average molecular weight is 411 g/mol. The van der Waals surface area contributed by atoms with Gasteiger partial charge >= 0.3 is 11.9 Å². The van der Waals surface area contributed by atoms with Gasteiger partial charge in [-0.1, -0.05) is 18.5 Å². The van der Waals surface area contributed by atoms with Crippen molar-refractivity contribution < 1.29 is 23.9 Å². The van der Waals surface area contributed by atoms with Crippen molar-refractivity contribution in [3.8, 4) is 0 Å². The van der Waals surface area contributed by atoms with Crippen LogP contribution in [0.1, 0.15) is 45.0 Å². The first-order valence-corrected chi connectivity index (χ1v) is 9.44. The van der Waals surface area contributed by atoms with Crippen LogP contribution in [0.2, 0.25) is 5.15 Å². The Hall–Kier alpha value is -2.45. The lowest BCUT2D eigenvalue weighted by Gasteiger charge is -2.08. The van der Waals surface area contributed by atoms with Gasteiger partial charge in [-0.25, -0.2) is 14.6 Å². The molecule has 7 nitrogen and oxygen atoms in total. The molecule has 0 saturated carbocycles. The first-order valence-electron chi connectivity index (χ1n) is 8.25. The quantitative estimate of drug-likeness (QED) is 0.553. The molecular formula is C18H19ClN2O5S. The molecule has 0 spiro atoms. The van der Waals surface area contributed by atoms with Crippen molar-refractivity contribution >= 4 is 45.8 Å². The van der Waals surface area contributed by atoms with Gasteiger partial charge in [-0.05, 0) is 38.0 Å². The van der Waals surface area contributed by atoms with Gasteiger partial charge in [0.1, 0.15) is 10.2 Å². The van der Waals surface area contributed by atoms with Crippen LogP contribution in [0.15, 0.2) is 18.3 Å². The van der Waals surface area contributed by atoms with Crippen LogP contribution in [0.4, 0.5) is 5.00 Å². The largest absolute Gasteiger partial charge is 0.462 e. The summed E-state index contributed by atoms with van der Waals surface area (Å²) in [7, 11) is 0. The van der Waals surface area contributed by atoms with E-state index >= 15 is 0 Å². The predicted octanol–water partition coefficient (Wildman–Crippen LogP) is 3.64. The Balaban J connectivity index is 2.06. The summed E-state index contributed by atoms with van der Waals surface area (Å²) >= 11 is 6.94. The first kappa shape index (κ1) is 20.9. The number of rotatable bonds is 7. The van der Waals surface area contributed by atoms with Crippen molar-refractivity contribution in [3.05, 3.63) is 45.1 Å². The van der Waals surface area contributed by atoms with E-state index in [1.165, 1.54) is 29.7 Å². The van der Waals surface area contributed by atoms with Crippen LogP contribution in [-0.4, -0.2) is 36.0 Å². The summed E-state index contributed by atoms with van der Waals surface area (Å²) < 4.78 is 10.1. The zero-order chi connectivity index (χ0) is 20.0. The van der Waals surface area contributed by atoms with Gasteiger partial charge in [-0.15, -0.1) is 11.3 Å². The fraction of sp³-hybridized carbons (Fsp3) is 0.333. The van der Waals surface area contributed by atoms with Gasteiger partial charge in [-0.2, -0.15) is 0 Å². The molecule has 0 fully saturated rings. The van der Waals surface area contributed by atoms with Gasteiger partial charge in [0.15, 0.2) is 6.61 Å². The topological polar surface area (TPSA) is 94.6 Å². The number of carbonyl (C=O) groups excluding carboxylic acids is 3. The number of nitrogens with one attached hydrogen (secondary N) is 1. The lowest BCUT2D eigenvalue weighted by atomic mass is 10.1. The highest BCUT2D eigenvalue weighted by Gasteiger charge is 2.23. The molecule has 0 aliphatic rings. The minimum Gasteiger partial charge on any atom is -0.462 e. The van der Waals surface area contributed by atoms with Crippen LogP contribution in [0, 0.1) is 6.92 Å². The van der Waals surface area contributed by atoms with E-state index in [9.17, 15) is 14.4 Å². The molecule has 1 amide bonds. The number of hydrogen-bond acceptors (Lipinski definition) is 7. The minimum absolute atomic E-state index is 0.180. The summed E-state index contributed by atoms with van der Waals surface area (Å²) in [5.41, 5.74) is 1.36. The highest BCUT2D eigenvalue weighted by molar-refractivity contribution is 7.16. The SMILES string of the molecule is CCOC(=O)c1c(NC(=O)COC(=O)c2ccc(Cl)nc2)sc(C)c1CC. The summed E-state index contributed by atoms with van der Waals surface area (Å²) in [4.78, 5) is 41.0. The molecule has 2 aromatic rings. The maximum absolute atomic E-state index is 12.2. The monoisotopic (exact) mass is 410 g/mol. The van der Waals surface area contributed by atoms with Crippen LogP contribution in [0.5, 0.6) is 0 Å². The third kappa shape index (κ3) is 5.27. The number of carbonyl (C=O) groups is 3. The normalized spacial score (nSPS) is 10.4. The summed E-state index contributed by atoms with van der Waals surface area (Å²) in [6, 6.07) is 2.90. The Bertz CT molecular complexity index is 848. The van der Waals surface area contributed by atoms with E-state index in [0.717, 1.165) is 10.4 Å². The smallest absolute Gasteiger partial charge is 0.341 e. The number of esters is 2. The number of ether oxygens (including phenoxy) is 2. The highest BCUT2D eigenvalue weighted by atomic mass is 35.5. The number of halogens is 1. The van der Waals surface area contributed by atoms with Crippen LogP contribution in [0.25, 0.3) is 0 Å². The van der Waals surface area contributed by atoms with Crippen molar-refractivity contribution in [1.29, 1.82) is 0 Å². The van der Waals surface area contributed by atoms with Gasteiger partial charge in [0.25, 0.3) is 5.91 Å². The highest BCUT2D eigenvalue weighted by Crippen LogP contribution is 2.34. The van der Waals surface area contributed by atoms with E-state index in [-0.39, 0.29) is 17.3 Å². The number of pyridine rings is 1. The number of aromatic nitrogens is 1. The second-order valence-electron chi connectivity index (χ2n) is 5.41. The van der Waals surface area contributed by atoms with E-state index in [4.69, 9.17) is 21.1 Å². The molecule has 2 aromatic heterocycles. The molecule has 0 unspecified atom stereocenters. The van der Waals surface area contributed by atoms with E-state index < -0.39 is 24.5 Å². The Morgan fingerprint density at radius 3 is 2.52 bits per heavy atom. The number of aryl methyl sites for hydroxylation is 1. The number of anilines is 1. The molecule has 9 heteroatoms. The third-order valence-corrected chi connectivity index (χ3v) is 4.88. The second kappa shape index (κ2) is 9.48. The zero-order valence-electron chi connectivity index (χ0n) is 15.1. The summed E-state index contributed by atoms with van der Waals surface area (Å²) in [6.07, 6.45) is 1.89. The van der Waals surface area contributed by atoms with Gasteiger partial charge in [0.2, 0.25) is 0 Å². The molecule has 0 bridgehead atoms. The average Bonchev–Trinajstić information content (AvgIpc) is 2.95. The van der Waals surface area contributed by atoms with E-state index in [0.29, 0.717) is 17.0 Å². The molecule has 0 aromatic carbocycles. The Morgan fingerprint density at radius 2 is 1.93 bits per heavy atom. The molecule has 2 rings (SSSR count). The van der Waals surface area contributed by atoms with Gasteiger partial charge in [-0.3, -0.25) is 4.79 Å². The predicted molar refractivity (Wildman–Crippen MR) is 103 cm³/mol. The zero-order valence-corrected chi connectivity index (χ0v) is 16.7. The van der Waals surface area contributed by atoms with Crippen LogP contribution in [-0.2, 0) is 20.7 Å². The minimum atomic E-state index is -0.698. The van der Waals surface area contributed by atoms with Crippen molar-refractivity contribution in [1.82, 2.24) is 4.98 Å². The maximum Gasteiger partial charge on any atom is 0.341 e. The summed E-state index contributed by atoms with van der Waals surface area (Å²) in [5.74, 6) is -1.74. The van der Waals surface area contributed by atoms with Gasteiger partial charge in [0.05, 0.1) is 17.7 Å². The first-order chi connectivity index (χ1) is 12.9. The molecule has 144 valence electrons. The molecule has 0 radical (unpaired) electrons. The van der Waals surface area contributed by atoms with Crippen LogP contribution >= 0.6 is 22.9 Å². The lowest BCUT2D eigenvalue weighted by molar-refractivity contribution is -0.119. The van der Waals surface area contributed by atoms with E-state index in [2.05, 4.69) is 10.3 Å². The molecule has 0 aliphatic heterocycles. The number of thiophene rings is 1. The fourth-order valence-corrected chi connectivity index (χ4v) is 3.65. The lowest BCUT2D eigenvalue weighted by Crippen LogP contribution is -2.22. The van der Waals surface area contributed by atoms with E-state index in [1.807, 2.05) is 13.8 Å². The Labute approximate surface area is 165 Å². The standard InChI is InChI=1S/C18H19ClN2O5S/c1-4-12-10(3)27-16(15(12)18(24)25-5-2)21-14(22)9-26-17(23)11-6-7-13(19)20-8-11/h6-8H,4-5,9H2,1-3H3,(H,21,22). The summed E-state index contributed by atoms with van der Waals surface area (Å²) in [6.45, 7) is 5.24. The van der Waals surface area contributed by atoms with Crippen molar-refractivity contribution in [3.63, 3.8) is 0 Å². The molecule has 0 atom stereocenters. The van der Waals surface area contributed by atoms with Gasteiger partial charge < -0.3 is 14.8 Å². The molecule has 0 saturated heterocycles. The van der Waals surface area contributed by atoms with Crippen LogP contribution in [0.3, 0.4) is 0 Å². The van der Waals surface area contributed by atoms with Crippen molar-refractivity contribution in [2.45, 2.75) is 27.2 Å². The Kier molecular flexibility index (Phi) is 7.32. The third-order valence-electron chi connectivity index (χ3n) is 3.59. The maximum atomic E-state index is 12.2. The van der Waals surface area contributed by atoms with Gasteiger partial charge in [0, 0.05) is 11.1 Å². The number of amides is 1. The second-order valence-corrected chi connectivity index (χ2v) is 7.02. The number of nitrogens with zero attached hydrogens (tertiary/aromatic N) is 1. The molecule has 27 heavy (non-hydrogen) atoms. The number of hydrogen-bond donors (Lipinski definition) is 1. The Morgan fingerprint density at radius 1 is 1.19 bits per heavy atom. The fourth-order valence-electron chi connectivity index (χ4n) is 2.39. The van der Waals surface area contributed by atoms with Crippen LogP contribution < -0.4 is 5.32 Å². The van der Waals surface area contributed by atoms with Crippen molar-refractivity contribution in [2.75, 3.05) is 18.5 Å². The van der Waals surface area contributed by atoms with E-state index in [1.54, 1.807) is 6.92 Å². The summed E-state index contributed by atoms with van der Waals surface area (Å²) in [5, 5.41) is 3.26. The molecular weight excluding hydrogens is 392 g/mol. The van der Waals surface area contributed by atoms with Crippen molar-refractivity contribution in [2.24, 2.45) is 0 Å². The molecule has 1 N–H and O–H groups in total.